The number of hydrogen-bond acceptors (Lipinski definition) is 5. The maximum atomic E-state index is 13.8. The van der Waals surface area contributed by atoms with Crippen molar-refractivity contribution in [1.29, 1.82) is 0 Å². The third-order valence-electron chi connectivity index (χ3n) is 5.07. The van der Waals surface area contributed by atoms with Crippen molar-refractivity contribution in [3.8, 4) is 16.9 Å². The summed E-state index contributed by atoms with van der Waals surface area (Å²) in [7, 11) is 0. The first kappa shape index (κ1) is 26.0. The fraction of sp³-hybridized carbons (Fsp3) is 0.417. The Balaban J connectivity index is 1.78. The van der Waals surface area contributed by atoms with Gasteiger partial charge in [0.05, 0.1) is 21.4 Å². The van der Waals surface area contributed by atoms with Crippen molar-refractivity contribution in [2.24, 2.45) is 4.99 Å². The third-order valence-corrected chi connectivity index (χ3v) is 5.46. The highest BCUT2D eigenvalue weighted by molar-refractivity contribution is 7.78. The Morgan fingerprint density at radius 1 is 1.18 bits per heavy atom. The van der Waals surface area contributed by atoms with Gasteiger partial charge in [0.15, 0.2) is 0 Å². The monoisotopic (exact) mass is 512 g/mol. The highest BCUT2D eigenvalue weighted by Gasteiger charge is 2.35. The minimum Gasteiger partial charge on any atom is -0.490 e. The van der Waals surface area contributed by atoms with Gasteiger partial charge in [-0.2, -0.15) is 18.2 Å². The fourth-order valence-corrected chi connectivity index (χ4v) is 4.05. The van der Waals surface area contributed by atoms with Crippen LogP contribution in [0.25, 0.3) is 11.1 Å². The van der Waals surface area contributed by atoms with E-state index in [2.05, 4.69) is 22.4 Å². The van der Waals surface area contributed by atoms with Gasteiger partial charge >= 0.3 is 12.3 Å². The zero-order valence-corrected chi connectivity index (χ0v) is 20.5. The van der Waals surface area contributed by atoms with Crippen molar-refractivity contribution < 1.29 is 27.4 Å². The van der Waals surface area contributed by atoms with Crippen LogP contribution in [-0.4, -0.2) is 40.9 Å². The molecule has 0 aromatic heterocycles. The van der Waals surface area contributed by atoms with Gasteiger partial charge in [-0.3, -0.25) is 0 Å². The number of thiocarbonyl (C=S) groups is 1. The van der Waals surface area contributed by atoms with Gasteiger partial charge in [0.1, 0.15) is 17.5 Å². The van der Waals surface area contributed by atoms with E-state index in [1.165, 1.54) is 18.2 Å². The number of nitrogens with zero attached hydrogens (tertiary/aromatic N) is 2. The van der Waals surface area contributed by atoms with Gasteiger partial charge in [-0.05, 0) is 62.8 Å². The third kappa shape index (κ3) is 6.72. The van der Waals surface area contributed by atoms with Gasteiger partial charge in [0.2, 0.25) is 0 Å². The molecule has 5 nitrogen and oxygen atoms in total. The second kappa shape index (κ2) is 10.3. The molecule has 0 spiro atoms. The number of likely N-dealkylation sites (tertiary alicyclic amines) is 1. The van der Waals surface area contributed by atoms with Crippen LogP contribution in [0.2, 0.25) is 5.02 Å². The normalized spacial score (nSPS) is 15.0. The molecule has 1 aliphatic rings. The highest BCUT2D eigenvalue weighted by atomic mass is 35.5. The molecule has 1 fully saturated rings. The molecule has 34 heavy (non-hydrogen) atoms. The van der Waals surface area contributed by atoms with E-state index in [1.54, 1.807) is 17.0 Å². The molecule has 0 N–H and O–H groups in total. The first-order chi connectivity index (χ1) is 15.9. The van der Waals surface area contributed by atoms with E-state index < -0.39 is 17.3 Å². The molecule has 1 heterocycles. The summed E-state index contributed by atoms with van der Waals surface area (Å²) in [5, 5.41) is 1.95. The zero-order chi connectivity index (χ0) is 25.1. The zero-order valence-electron chi connectivity index (χ0n) is 18.9. The standard InChI is InChI=1S/C24H24ClF3N2O3S/c1-23(2,3)33-22(31)30-9-7-17(8-10-30)32-18-6-4-5-15(11-18)21-19(24(26,27)28)12-16(29-14-34)13-20(21)25/h4-6,11-13,17H,7-10H2,1-3H3. The predicted octanol–water partition coefficient (Wildman–Crippen LogP) is 7.54. The van der Waals surface area contributed by atoms with Gasteiger partial charge in [-0.25, -0.2) is 4.79 Å². The van der Waals surface area contributed by atoms with Crippen molar-refractivity contribution in [3.05, 3.63) is 47.0 Å². The van der Waals surface area contributed by atoms with Gasteiger partial charge in [0.25, 0.3) is 0 Å². The van der Waals surface area contributed by atoms with Crippen LogP contribution in [0.4, 0.5) is 23.7 Å². The van der Waals surface area contributed by atoms with E-state index in [9.17, 15) is 18.0 Å². The van der Waals surface area contributed by atoms with Crippen LogP contribution >= 0.6 is 23.8 Å². The lowest BCUT2D eigenvalue weighted by atomic mass is 9.98. The molecule has 0 aliphatic carbocycles. The molecule has 0 radical (unpaired) electrons. The number of ether oxygens (including phenoxy) is 2. The van der Waals surface area contributed by atoms with Crippen LogP contribution < -0.4 is 4.74 Å². The van der Waals surface area contributed by atoms with Gasteiger partial charge < -0.3 is 14.4 Å². The number of aliphatic imine (C=N–C) groups is 1. The van der Waals surface area contributed by atoms with Gasteiger partial charge in [-0.1, -0.05) is 23.7 Å². The minimum absolute atomic E-state index is 0.0276. The van der Waals surface area contributed by atoms with E-state index in [-0.39, 0.29) is 34.0 Å². The molecular formula is C24H24ClF3N2O3S. The van der Waals surface area contributed by atoms with Gasteiger partial charge in [-0.15, -0.1) is 0 Å². The Morgan fingerprint density at radius 3 is 2.44 bits per heavy atom. The van der Waals surface area contributed by atoms with Crippen molar-refractivity contribution in [2.45, 2.75) is 51.5 Å². The molecule has 1 saturated heterocycles. The summed E-state index contributed by atoms with van der Waals surface area (Å²) in [6.45, 7) is 6.35. The smallest absolute Gasteiger partial charge is 0.417 e. The summed E-state index contributed by atoms with van der Waals surface area (Å²) in [6.07, 6.45) is -4.07. The first-order valence-corrected chi connectivity index (χ1v) is 11.4. The molecule has 1 amide bonds. The molecular weight excluding hydrogens is 489 g/mol. The molecule has 0 bridgehead atoms. The Labute approximate surface area is 206 Å². The largest absolute Gasteiger partial charge is 0.490 e. The lowest BCUT2D eigenvalue weighted by molar-refractivity contribution is -0.137. The van der Waals surface area contributed by atoms with E-state index in [0.29, 0.717) is 31.7 Å². The Kier molecular flexibility index (Phi) is 7.91. The summed E-state index contributed by atoms with van der Waals surface area (Å²) in [5.41, 5.74) is -1.43. The number of alkyl halides is 3. The number of carbonyl (C=O) groups is 1. The van der Waals surface area contributed by atoms with Crippen LogP contribution in [0, 0.1) is 0 Å². The second-order valence-corrected chi connectivity index (χ2v) is 9.45. The quantitative estimate of drug-likeness (QED) is 0.313. The van der Waals surface area contributed by atoms with E-state index >= 15 is 0 Å². The molecule has 0 atom stereocenters. The number of piperidine rings is 1. The number of hydrogen-bond donors (Lipinski definition) is 0. The summed E-state index contributed by atoms with van der Waals surface area (Å²) in [6, 6.07) is 8.55. The van der Waals surface area contributed by atoms with Crippen LogP contribution in [0.1, 0.15) is 39.2 Å². The number of rotatable bonds is 4. The maximum Gasteiger partial charge on any atom is 0.417 e. The molecule has 0 saturated carbocycles. The van der Waals surface area contributed by atoms with Crippen LogP contribution in [0.5, 0.6) is 5.75 Å². The molecule has 10 heteroatoms. The predicted molar refractivity (Wildman–Crippen MR) is 128 cm³/mol. The SMILES string of the molecule is CC(C)(C)OC(=O)N1CCC(Oc2cccc(-c3c(Cl)cc(N=C=S)cc3C(F)(F)F)c2)CC1. The van der Waals surface area contributed by atoms with Crippen LogP contribution in [-0.2, 0) is 10.9 Å². The Morgan fingerprint density at radius 2 is 1.85 bits per heavy atom. The van der Waals surface area contributed by atoms with Crippen LogP contribution in [0.3, 0.4) is 0 Å². The average Bonchev–Trinajstić information content (AvgIpc) is 2.72. The van der Waals surface area contributed by atoms with Gasteiger partial charge in [0, 0.05) is 31.5 Å². The van der Waals surface area contributed by atoms with E-state index in [4.69, 9.17) is 21.1 Å². The number of amides is 1. The first-order valence-electron chi connectivity index (χ1n) is 10.6. The molecule has 3 rings (SSSR count). The van der Waals surface area contributed by atoms with Crippen molar-refractivity contribution >= 4 is 40.8 Å². The summed E-state index contributed by atoms with van der Waals surface area (Å²) >= 11 is 10.7. The molecule has 2 aromatic carbocycles. The van der Waals surface area contributed by atoms with E-state index in [1.807, 2.05) is 20.8 Å². The molecule has 2 aromatic rings. The molecule has 182 valence electrons. The summed E-state index contributed by atoms with van der Waals surface area (Å²) in [5.74, 6) is 0.415. The summed E-state index contributed by atoms with van der Waals surface area (Å²) < 4.78 is 52.8. The fourth-order valence-electron chi connectivity index (χ4n) is 3.63. The number of isothiocyanates is 1. The van der Waals surface area contributed by atoms with Crippen LogP contribution in [0.15, 0.2) is 41.4 Å². The molecule has 0 unspecified atom stereocenters. The number of benzene rings is 2. The average molecular weight is 513 g/mol. The number of carbonyl (C=O) groups excluding carboxylic acids is 1. The minimum atomic E-state index is -4.66. The Hall–Kier alpha value is -2.61. The molecule has 1 aliphatic heterocycles. The van der Waals surface area contributed by atoms with Crippen molar-refractivity contribution in [2.75, 3.05) is 13.1 Å². The van der Waals surface area contributed by atoms with Crippen molar-refractivity contribution in [3.63, 3.8) is 0 Å². The number of halogens is 4. The second-order valence-electron chi connectivity index (χ2n) is 8.86. The maximum absolute atomic E-state index is 13.8. The topological polar surface area (TPSA) is 51.1 Å². The lowest BCUT2D eigenvalue weighted by Crippen LogP contribution is -2.44. The Bertz CT molecular complexity index is 1100. The highest BCUT2D eigenvalue weighted by Crippen LogP contribution is 2.44. The van der Waals surface area contributed by atoms with E-state index in [0.717, 1.165) is 6.07 Å². The van der Waals surface area contributed by atoms with Crippen molar-refractivity contribution in [1.82, 2.24) is 4.90 Å². The lowest BCUT2D eigenvalue weighted by Gasteiger charge is -2.33. The summed E-state index contributed by atoms with van der Waals surface area (Å²) in [4.78, 5) is 17.5.